The van der Waals surface area contributed by atoms with Gasteiger partial charge in [-0.3, -0.25) is 14.9 Å². The number of amides is 1. The smallest absolute Gasteiger partial charge is 0.285 e. The van der Waals surface area contributed by atoms with Gasteiger partial charge >= 0.3 is 0 Å². The molecule has 1 unspecified atom stereocenters. The molecule has 2 rings (SSSR count). The van der Waals surface area contributed by atoms with Crippen LogP contribution in [0, 0.1) is 21.8 Å². The van der Waals surface area contributed by atoms with Gasteiger partial charge in [0.15, 0.2) is 5.82 Å². The van der Waals surface area contributed by atoms with Crippen molar-refractivity contribution < 1.29 is 19.2 Å². The zero-order valence-corrected chi connectivity index (χ0v) is 11.3. The number of nitro groups is 1. The minimum atomic E-state index is -0.919. The lowest BCUT2D eigenvalue weighted by atomic mass is 10.1. The van der Waals surface area contributed by atoms with E-state index in [4.69, 9.17) is 10.8 Å². The summed E-state index contributed by atoms with van der Waals surface area (Å²) in [6.07, 6.45) is 1.31. The van der Waals surface area contributed by atoms with Gasteiger partial charge in [0.25, 0.3) is 11.6 Å². The van der Waals surface area contributed by atoms with Crippen molar-refractivity contribution in [3.63, 3.8) is 0 Å². The van der Waals surface area contributed by atoms with Crippen LogP contribution in [-0.4, -0.2) is 40.5 Å². The van der Waals surface area contributed by atoms with Gasteiger partial charge < -0.3 is 15.7 Å². The summed E-state index contributed by atoms with van der Waals surface area (Å²) in [4.78, 5) is 24.0. The number of halogens is 1. The third kappa shape index (κ3) is 3.10. The number of anilines is 1. The molecule has 1 aromatic carbocycles. The molecule has 21 heavy (non-hydrogen) atoms. The van der Waals surface area contributed by atoms with Crippen molar-refractivity contribution >= 4 is 17.3 Å². The minimum Gasteiger partial charge on any atom is -0.396 e. The summed E-state index contributed by atoms with van der Waals surface area (Å²) in [5.74, 6) is -1.28. The van der Waals surface area contributed by atoms with Gasteiger partial charge in [-0.2, -0.15) is 0 Å². The van der Waals surface area contributed by atoms with Crippen molar-refractivity contribution in [2.24, 2.45) is 5.92 Å². The Morgan fingerprint density at radius 1 is 1.57 bits per heavy atom. The minimum absolute atomic E-state index is 0.0380. The van der Waals surface area contributed by atoms with E-state index in [0.29, 0.717) is 25.6 Å². The molecule has 8 heteroatoms. The number of nitrogens with two attached hydrogens (primary N) is 1. The molecular weight excluding hydrogens is 281 g/mol. The van der Waals surface area contributed by atoms with E-state index in [2.05, 4.69) is 0 Å². The second-order valence-electron chi connectivity index (χ2n) is 5.07. The molecule has 1 atom stereocenters. The van der Waals surface area contributed by atoms with Crippen LogP contribution in [0.15, 0.2) is 12.1 Å². The summed E-state index contributed by atoms with van der Waals surface area (Å²) in [5.41, 5.74) is 4.31. The monoisotopic (exact) mass is 297 g/mol. The van der Waals surface area contributed by atoms with Crippen molar-refractivity contribution in [1.82, 2.24) is 4.90 Å². The fourth-order valence-corrected chi connectivity index (χ4v) is 2.51. The molecule has 3 N–H and O–H groups in total. The first kappa shape index (κ1) is 15.2. The van der Waals surface area contributed by atoms with Crippen molar-refractivity contribution in [2.45, 2.75) is 12.8 Å². The molecule has 1 fully saturated rings. The highest BCUT2D eigenvalue weighted by atomic mass is 19.1. The van der Waals surface area contributed by atoms with Crippen LogP contribution in [-0.2, 0) is 0 Å². The molecule has 0 aliphatic carbocycles. The van der Waals surface area contributed by atoms with Crippen molar-refractivity contribution in [3.8, 4) is 0 Å². The van der Waals surface area contributed by atoms with E-state index in [1.807, 2.05) is 0 Å². The van der Waals surface area contributed by atoms with Crippen molar-refractivity contribution in [1.29, 1.82) is 0 Å². The number of benzene rings is 1. The molecule has 0 spiro atoms. The van der Waals surface area contributed by atoms with Gasteiger partial charge in [-0.1, -0.05) is 0 Å². The van der Waals surface area contributed by atoms with Gasteiger partial charge in [0, 0.05) is 19.7 Å². The lowest BCUT2D eigenvalue weighted by Gasteiger charge is -2.16. The topological polar surface area (TPSA) is 110 Å². The number of nitro benzene ring substituents is 1. The largest absolute Gasteiger partial charge is 0.396 e. The SMILES string of the molecule is Nc1cc(C(=O)N2CCC(CCO)C2)c([N+](=O)[O-])cc1F. The number of rotatable bonds is 4. The summed E-state index contributed by atoms with van der Waals surface area (Å²) in [6.45, 7) is 0.919. The predicted octanol–water partition coefficient (Wildman–Crippen LogP) is 1.16. The number of aliphatic hydroxyl groups is 1. The normalized spacial score (nSPS) is 18.0. The average Bonchev–Trinajstić information content (AvgIpc) is 2.89. The van der Waals surface area contributed by atoms with E-state index < -0.39 is 22.3 Å². The highest BCUT2D eigenvalue weighted by molar-refractivity contribution is 5.99. The van der Waals surface area contributed by atoms with Gasteiger partial charge in [-0.15, -0.1) is 0 Å². The summed E-state index contributed by atoms with van der Waals surface area (Å²) in [5, 5.41) is 19.9. The number of likely N-dealkylation sites (tertiary alicyclic amines) is 1. The molecular formula is C13H16FN3O4. The maximum atomic E-state index is 13.3. The number of carbonyl (C=O) groups is 1. The Kier molecular flexibility index (Phi) is 4.37. The Morgan fingerprint density at radius 2 is 2.29 bits per heavy atom. The lowest BCUT2D eigenvalue weighted by molar-refractivity contribution is -0.385. The molecule has 1 saturated heterocycles. The number of nitrogen functional groups attached to an aromatic ring is 1. The van der Waals surface area contributed by atoms with E-state index in [1.165, 1.54) is 4.90 Å². The van der Waals surface area contributed by atoms with Crippen LogP contribution in [0.25, 0.3) is 0 Å². The van der Waals surface area contributed by atoms with Gasteiger partial charge in [0.1, 0.15) is 5.56 Å². The van der Waals surface area contributed by atoms with Crippen LogP contribution in [0.2, 0.25) is 0 Å². The number of nitrogens with zero attached hydrogens (tertiary/aromatic N) is 2. The van der Waals surface area contributed by atoms with E-state index in [1.54, 1.807) is 0 Å². The summed E-state index contributed by atoms with van der Waals surface area (Å²) < 4.78 is 13.3. The second-order valence-corrected chi connectivity index (χ2v) is 5.07. The molecule has 0 radical (unpaired) electrons. The molecule has 1 aliphatic rings. The highest BCUT2D eigenvalue weighted by Gasteiger charge is 2.31. The van der Waals surface area contributed by atoms with E-state index >= 15 is 0 Å². The molecule has 1 aromatic rings. The van der Waals surface area contributed by atoms with Gasteiger partial charge in [0.05, 0.1) is 16.7 Å². The van der Waals surface area contributed by atoms with Gasteiger partial charge in [-0.25, -0.2) is 4.39 Å². The first-order chi connectivity index (χ1) is 9.93. The van der Waals surface area contributed by atoms with Crippen LogP contribution < -0.4 is 5.73 Å². The van der Waals surface area contributed by atoms with Crippen LogP contribution >= 0.6 is 0 Å². The summed E-state index contributed by atoms with van der Waals surface area (Å²) >= 11 is 0. The Bertz CT molecular complexity index is 579. The fraction of sp³-hybridized carbons (Fsp3) is 0.462. The molecule has 7 nitrogen and oxygen atoms in total. The number of aliphatic hydroxyl groups excluding tert-OH is 1. The third-order valence-corrected chi connectivity index (χ3v) is 3.65. The van der Waals surface area contributed by atoms with Gasteiger partial charge in [0.2, 0.25) is 0 Å². The maximum Gasteiger partial charge on any atom is 0.285 e. The molecule has 114 valence electrons. The first-order valence-electron chi connectivity index (χ1n) is 6.57. The zero-order valence-electron chi connectivity index (χ0n) is 11.3. The fourth-order valence-electron chi connectivity index (χ4n) is 2.51. The molecule has 1 heterocycles. The molecule has 0 saturated carbocycles. The Balaban J connectivity index is 2.27. The molecule has 1 amide bonds. The van der Waals surface area contributed by atoms with E-state index in [9.17, 15) is 19.3 Å². The Morgan fingerprint density at radius 3 is 2.90 bits per heavy atom. The Labute approximate surface area is 120 Å². The first-order valence-corrected chi connectivity index (χ1v) is 6.57. The standard InChI is InChI=1S/C13H16FN3O4/c14-10-6-12(17(20)21)9(5-11(10)15)13(19)16-3-1-8(7-16)2-4-18/h5-6,8,18H,1-4,7,15H2. The van der Waals surface area contributed by atoms with E-state index in [-0.39, 0.29) is 23.8 Å². The van der Waals surface area contributed by atoms with Crippen molar-refractivity contribution in [3.05, 3.63) is 33.6 Å². The number of hydrogen-bond acceptors (Lipinski definition) is 5. The van der Waals surface area contributed by atoms with E-state index in [0.717, 1.165) is 12.5 Å². The summed E-state index contributed by atoms with van der Waals surface area (Å²) in [7, 11) is 0. The average molecular weight is 297 g/mol. The quantitative estimate of drug-likeness (QED) is 0.492. The lowest BCUT2D eigenvalue weighted by Crippen LogP contribution is -2.29. The third-order valence-electron chi connectivity index (χ3n) is 3.65. The van der Waals surface area contributed by atoms with Crippen LogP contribution in [0.1, 0.15) is 23.2 Å². The highest BCUT2D eigenvalue weighted by Crippen LogP contribution is 2.28. The van der Waals surface area contributed by atoms with Crippen LogP contribution in [0.4, 0.5) is 15.8 Å². The second kappa shape index (κ2) is 6.04. The zero-order chi connectivity index (χ0) is 15.6. The number of hydrogen-bond donors (Lipinski definition) is 2. The molecule has 0 bridgehead atoms. The number of carbonyl (C=O) groups excluding carboxylic acids is 1. The summed E-state index contributed by atoms with van der Waals surface area (Å²) in [6, 6.07) is 1.68. The van der Waals surface area contributed by atoms with Crippen LogP contribution in [0.5, 0.6) is 0 Å². The molecule has 1 aliphatic heterocycles. The predicted molar refractivity (Wildman–Crippen MR) is 73.2 cm³/mol. The Hall–Kier alpha value is -2.22. The van der Waals surface area contributed by atoms with Crippen molar-refractivity contribution in [2.75, 3.05) is 25.4 Å². The maximum absolute atomic E-state index is 13.3. The van der Waals surface area contributed by atoms with Crippen LogP contribution in [0.3, 0.4) is 0 Å². The van der Waals surface area contributed by atoms with Gasteiger partial charge in [-0.05, 0) is 24.8 Å². The molecule has 0 aromatic heterocycles.